The fourth-order valence-corrected chi connectivity index (χ4v) is 1.70. The summed E-state index contributed by atoms with van der Waals surface area (Å²) in [6, 6.07) is 4.13. The van der Waals surface area contributed by atoms with Gasteiger partial charge in [-0.1, -0.05) is 24.9 Å². The number of nitrogens with zero attached hydrogens (tertiary/aromatic N) is 1. The SMILES string of the molecule is C=Cc1c(/C=N\C)cc(C)cc1NC(C)=S. The Hall–Kier alpha value is -1.48. The molecule has 0 saturated heterocycles. The molecule has 0 fully saturated rings. The van der Waals surface area contributed by atoms with Crippen LogP contribution in [0.4, 0.5) is 5.69 Å². The van der Waals surface area contributed by atoms with Crippen molar-refractivity contribution in [1.29, 1.82) is 0 Å². The maximum absolute atomic E-state index is 5.06. The highest BCUT2D eigenvalue weighted by Crippen LogP contribution is 2.23. The Balaban J connectivity index is 3.35. The maximum Gasteiger partial charge on any atom is 0.0765 e. The van der Waals surface area contributed by atoms with Crippen molar-refractivity contribution in [3.8, 4) is 0 Å². The molecule has 84 valence electrons. The van der Waals surface area contributed by atoms with E-state index >= 15 is 0 Å². The Morgan fingerprint density at radius 3 is 2.69 bits per heavy atom. The molecule has 1 aromatic carbocycles. The number of hydrogen-bond acceptors (Lipinski definition) is 2. The lowest BCUT2D eigenvalue weighted by atomic mass is 10.0. The second-order valence-electron chi connectivity index (χ2n) is 3.59. The van der Waals surface area contributed by atoms with Crippen LogP contribution in [0, 0.1) is 6.92 Å². The van der Waals surface area contributed by atoms with E-state index < -0.39 is 0 Å². The Kier molecular flexibility index (Phi) is 4.38. The highest BCUT2D eigenvalue weighted by atomic mass is 32.1. The van der Waals surface area contributed by atoms with Crippen molar-refractivity contribution < 1.29 is 0 Å². The van der Waals surface area contributed by atoms with Gasteiger partial charge in [0.25, 0.3) is 0 Å². The van der Waals surface area contributed by atoms with Gasteiger partial charge in [-0.3, -0.25) is 4.99 Å². The molecule has 0 aromatic heterocycles. The molecule has 1 rings (SSSR count). The first-order valence-corrected chi connectivity index (χ1v) is 5.46. The van der Waals surface area contributed by atoms with Crippen molar-refractivity contribution in [2.45, 2.75) is 13.8 Å². The van der Waals surface area contributed by atoms with Crippen molar-refractivity contribution in [3.63, 3.8) is 0 Å². The molecule has 3 heteroatoms. The van der Waals surface area contributed by atoms with Gasteiger partial charge < -0.3 is 5.32 Å². The average Bonchev–Trinajstić information content (AvgIpc) is 2.16. The minimum atomic E-state index is 0.744. The second-order valence-corrected chi connectivity index (χ2v) is 4.20. The third-order valence-electron chi connectivity index (χ3n) is 2.14. The zero-order valence-electron chi connectivity index (χ0n) is 9.87. The summed E-state index contributed by atoms with van der Waals surface area (Å²) < 4.78 is 0. The van der Waals surface area contributed by atoms with E-state index in [1.165, 1.54) is 5.56 Å². The van der Waals surface area contributed by atoms with Gasteiger partial charge in [-0.05, 0) is 31.5 Å². The number of nitrogens with one attached hydrogen (secondary N) is 1. The number of thiocarbonyl (C=S) groups is 1. The molecule has 0 unspecified atom stereocenters. The van der Waals surface area contributed by atoms with Crippen LogP contribution in [-0.2, 0) is 0 Å². The largest absolute Gasteiger partial charge is 0.350 e. The Morgan fingerprint density at radius 2 is 2.19 bits per heavy atom. The Labute approximate surface area is 102 Å². The summed E-state index contributed by atoms with van der Waals surface area (Å²) in [7, 11) is 1.76. The average molecular weight is 232 g/mol. The number of rotatable bonds is 3. The molecule has 0 spiro atoms. The van der Waals surface area contributed by atoms with E-state index in [1.807, 2.05) is 26.1 Å². The molecule has 0 radical (unpaired) electrons. The van der Waals surface area contributed by atoms with Crippen LogP contribution in [0.1, 0.15) is 23.6 Å². The highest BCUT2D eigenvalue weighted by molar-refractivity contribution is 7.80. The number of aryl methyl sites for hydroxylation is 1. The first kappa shape index (κ1) is 12.6. The van der Waals surface area contributed by atoms with Crippen LogP contribution in [0.3, 0.4) is 0 Å². The van der Waals surface area contributed by atoms with Gasteiger partial charge in [0.05, 0.1) is 4.99 Å². The lowest BCUT2D eigenvalue weighted by Gasteiger charge is -2.12. The van der Waals surface area contributed by atoms with Gasteiger partial charge in [0, 0.05) is 30.1 Å². The summed E-state index contributed by atoms with van der Waals surface area (Å²) in [5, 5.41) is 3.16. The first-order valence-electron chi connectivity index (χ1n) is 5.05. The summed E-state index contributed by atoms with van der Waals surface area (Å²) >= 11 is 5.06. The van der Waals surface area contributed by atoms with E-state index in [-0.39, 0.29) is 0 Å². The zero-order valence-corrected chi connectivity index (χ0v) is 10.7. The molecule has 0 aliphatic rings. The van der Waals surface area contributed by atoms with Crippen LogP contribution in [0.2, 0.25) is 0 Å². The fourth-order valence-electron chi connectivity index (χ4n) is 1.59. The van der Waals surface area contributed by atoms with E-state index in [0.29, 0.717) is 0 Å². The first-order chi connectivity index (χ1) is 7.58. The summed E-state index contributed by atoms with van der Waals surface area (Å²) in [6.07, 6.45) is 3.64. The number of aliphatic imine (C=N–C) groups is 1. The van der Waals surface area contributed by atoms with Crippen LogP contribution in [-0.4, -0.2) is 18.3 Å². The Morgan fingerprint density at radius 1 is 1.50 bits per heavy atom. The molecule has 0 atom stereocenters. The second kappa shape index (κ2) is 5.56. The standard InChI is InChI=1S/C13H16N2S/c1-5-12-11(8-14-4)6-9(2)7-13(12)15-10(3)16/h5-8H,1H2,2-4H3,(H,15,16)/b14-8-. The van der Waals surface area contributed by atoms with Crippen molar-refractivity contribution in [1.82, 2.24) is 0 Å². The summed E-state index contributed by atoms with van der Waals surface area (Å²) in [5.41, 5.74) is 4.23. The molecule has 1 N–H and O–H groups in total. The van der Waals surface area contributed by atoms with Gasteiger partial charge in [0.15, 0.2) is 0 Å². The zero-order chi connectivity index (χ0) is 12.1. The predicted molar refractivity (Wildman–Crippen MR) is 76.7 cm³/mol. The molecule has 0 amide bonds. The van der Waals surface area contributed by atoms with E-state index in [9.17, 15) is 0 Å². The fraction of sp³-hybridized carbons (Fsp3) is 0.231. The van der Waals surface area contributed by atoms with Crippen molar-refractivity contribution >= 4 is 35.2 Å². The topological polar surface area (TPSA) is 24.4 Å². The quantitative estimate of drug-likeness (QED) is 0.637. The summed E-state index contributed by atoms with van der Waals surface area (Å²) in [4.78, 5) is 4.79. The van der Waals surface area contributed by atoms with Gasteiger partial charge in [0.2, 0.25) is 0 Å². The van der Waals surface area contributed by atoms with E-state index in [2.05, 4.69) is 29.0 Å². The molecule has 16 heavy (non-hydrogen) atoms. The highest BCUT2D eigenvalue weighted by Gasteiger charge is 2.05. The molecule has 0 aliphatic carbocycles. The molecule has 0 bridgehead atoms. The molecule has 1 aromatic rings. The van der Waals surface area contributed by atoms with E-state index in [4.69, 9.17) is 12.2 Å². The predicted octanol–water partition coefficient (Wildman–Crippen LogP) is 3.45. The normalized spacial score (nSPS) is 10.4. The third kappa shape index (κ3) is 3.00. The van der Waals surface area contributed by atoms with Crippen LogP contribution < -0.4 is 5.32 Å². The van der Waals surface area contributed by atoms with Crippen LogP contribution >= 0.6 is 12.2 Å². The minimum Gasteiger partial charge on any atom is -0.350 e. The summed E-state index contributed by atoms with van der Waals surface area (Å²) in [5.74, 6) is 0. The third-order valence-corrected chi connectivity index (χ3v) is 2.24. The van der Waals surface area contributed by atoms with Crippen LogP contribution in [0.25, 0.3) is 6.08 Å². The molecule has 0 aliphatic heterocycles. The summed E-state index contributed by atoms with van der Waals surface area (Å²) in [6.45, 7) is 7.73. The van der Waals surface area contributed by atoms with Gasteiger partial charge in [0.1, 0.15) is 0 Å². The lowest BCUT2D eigenvalue weighted by Crippen LogP contribution is -2.06. The molecular weight excluding hydrogens is 216 g/mol. The van der Waals surface area contributed by atoms with Crippen LogP contribution in [0.15, 0.2) is 23.7 Å². The Bertz CT molecular complexity index is 447. The van der Waals surface area contributed by atoms with Gasteiger partial charge in [-0.25, -0.2) is 0 Å². The molecule has 2 nitrogen and oxygen atoms in total. The maximum atomic E-state index is 5.06. The number of anilines is 1. The minimum absolute atomic E-state index is 0.744. The van der Waals surface area contributed by atoms with Crippen LogP contribution in [0.5, 0.6) is 0 Å². The number of benzene rings is 1. The monoisotopic (exact) mass is 232 g/mol. The van der Waals surface area contributed by atoms with E-state index in [0.717, 1.165) is 21.8 Å². The van der Waals surface area contributed by atoms with Gasteiger partial charge in [-0.2, -0.15) is 0 Å². The van der Waals surface area contributed by atoms with Crippen molar-refractivity contribution in [2.75, 3.05) is 12.4 Å². The van der Waals surface area contributed by atoms with Gasteiger partial charge >= 0.3 is 0 Å². The molecule has 0 saturated carbocycles. The van der Waals surface area contributed by atoms with Gasteiger partial charge in [-0.15, -0.1) is 0 Å². The lowest BCUT2D eigenvalue weighted by molar-refractivity contribution is 1.42. The number of hydrogen-bond donors (Lipinski definition) is 1. The van der Waals surface area contributed by atoms with Crippen molar-refractivity contribution in [3.05, 3.63) is 35.4 Å². The molecular formula is C13H16N2S. The molecule has 0 heterocycles. The van der Waals surface area contributed by atoms with E-state index in [1.54, 1.807) is 7.05 Å². The smallest absolute Gasteiger partial charge is 0.0765 e. The van der Waals surface area contributed by atoms with Crippen molar-refractivity contribution in [2.24, 2.45) is 4.99 Å².